The summed E-state index contributed by atoms with van der Waals surface area (Å²) in [6, 6.07) is 18.9. The zero-order valence-electron chi connectivity index (χ0n) is 15.8. The summed E-state index contributed by atoms with van der Waals surface area (Å²) in [5.41, 5.74) is 2.23. The van der Waals surface area contributed by atoms with Gasteiger partial charge in [0.25, 0.3) is 0 Å². The number of nitrogens with zero attached hydrogens (tertiary/aromatic N) is 4. The van der Waals surface area contributed by atoms with Crippen molar-refractivity contribution in [2.75, 3.05) is 43.4 Å². The van der Waals surface area contributed by atoms with Gasteiger partial charge in [0.05, 0.1) is 5.52 Å². The van der Waals surface area contributed by atoms with Crippen LogP contribution in [0.25, 0.3) is 10.9 Å². The summed E-state index contributed by atoms with van der Waals surface area (Å²) in [6.07, 6.45) is 0. The fourth-order valence-corrected chi connectivity index (χ4v) is 3.35. The molecule has 4 rings (SSSR count). The van der Waals surface area contributed by atoms with Crippen molar-refractivity contribution in [2.24, 2.45) is 0 Å². The Kier molecular flexibility index (Phi) is 6.14. The van der Waals surface area contributed by atoms with Crippen molar-refractivity contribution < 1.29 is 0 Å². The lowest BCUT2D eigenvalue weighted by atomic mass is 10.1. The van der Waals surface area contributed by atoms with Crippen molar-refractivity contribution in [1.29, 1.82) is 0 Å². The molecule has 27 heavy (non-hydrogen) atoms. The average Bonchev–Trinajstić information content (AvgIpc) is 2.69. The predicted octanol–water partition coefficient (Wildman–Crippen LogP) is 3.98. The number of anilines is 2. The minimum atomic E-state index is 0. The van der Waals surface area contributed by atoms with Gasteiger partial charge in [-0.3, -0.25) is 0 Å². The van der Waals surface area contributed by atoms with E-state index in [4.69, 9.17) is 9.97 Å². The van der Waals surface area contributed by atoms with Crippen molar-refractivity contribution in [3.8, 4) is 0 Å². The van der Waals surface area contributed by atoms with E-state index in [0.717, 1.165) is 48.8 Å². The summed E-state index contributed by atoms with van der Waals surface area (Å²) in [5, 5.41) is 4.66. The molecule has 2 heterocycles. The molecule has 1 aliphatic heterocycles. The number of aromatic nitrogens is 2. The molecule has 1 aromatic heterocycles. The van der Waals surface area contributed by atoms with E-state index in [1.807, 2.05) is 18.2 Å². The Morgan fingerprint density at radius 1 is 0.889 bits per heavy atom. The van der Waals surface area contributed by atoms with Gasteiger partial charge in [-0.1, -0.05) is 42.5 Å². The quantitative estimate of drug-likeness (QED) is 0.738. The third-order valence-corrected chi connectivity index (χ3v) is 5.03. The highest BCUT2D eigenvalue weighted by atomic mass is 35.5. The van der Waals surface area contributed by atoms with Crippen LogP contribution in [-0.4, -0.2) is 48.1 Å². The molecule has 142 valence electrons. The van der Waals surface area contributed by atoms with E-state index in [9.17, 15) is 0 Å². The highest BCUT2D eigenvalue weighted by Gasteiger charge is 2.19. The molecular weight excluding hydrogens is 358 g/mol. The lowest BCUT2D eigenvalue weighted by molar-refractivity contribution is 0.311. The molecule has 0 radical (unpaired) electrons. The summed E-state index contributed by atoms with van der Waals surface area (Å²) >= 11 is 0. The Balaban J connectivity index is 0.00000210. The Labute approximate surface area is 166 Å². The average molecular weight is 384 g/mol. The van der Waals surface area contributed by atoms with E-state index < -0.39 is 0 Å². The van der Waals surface area contributed by atoms with Gasteiger partial charge in [0.15, 0.2) is 0 Å². The molecule has 1 aliphatic rings. The molecule has 1 saturated heterocycles. The maximum Gasteiger partial charge on any atom is 0.227 e. The Hall–Kier alpha value is -2.37. The van der Waals surface area contributed by atoms with Crippen LogP contribution in [0.15, 0.2) is 54.6 Å². The molecule has 0 aliphatic carbocycles. The van der Waals surface area contributed by atoms with E-state index in [2.05, 4.69) is 65.5 Å². The van der Waals surface area contributed by atoms with E-state index in [0.29, 0.717) is 0 Å². The third-order valence-electron chi connectivity index (χ3n) is 5.03. The highest BCUT2D eigenvalue weighted by Crippen LogP contribution is 2.27. The first-order chi connectivity index (χ1) is 12.7. The normalized spacial score (nSPS) is 16.0. The van der Waals surface area contributed by atoms with Crippen molar-refractivity contribution in [1.82, 2.24) is 14.9 Å². The van der Waals surface area contributed by atoms with Gasteiger partial charge < -0.3 is 15.1 Å². The maximum absolute atomic E-state index is 4.90. The largest absolute Gasteiger partial charge is 0.363 e. The fourth-order valence-electron chi connectivity index (χ4n) is 3.35. The zero-order chi connectivity index (χ0) is 17.9. The number of rotatable bonds is 4. The minimum Gasteiger partial charge on any atom is -0.363 e. The molecule has 0 spiro atoms. The minimum absolute atomic E-state index is 0. The van der Waals surface area contributed by atoms with Crippen molar-refractivity contribution in [3.05, 3.63) is 60.2 Å². The Morgan fingerprint density at radius 3 is 2.30 bits per heavy atom. The van der Waals surface area contributed by atoms with Gasteiger partial charge in [0.1, 0.15) is 5.82 Å². The van der Waals surface area contributed by atoms with Crippen LogP contribution in [0.4, 0.5) is 11.8 Å². The SMILES string of the molecule is CC(Nc1nc(N2CCN(C)CC2)nc2ccccc12)c1ccccc1.Cl. The predicted molar refractivity (Wildman–Crippen MR) is 115 cm³/mol. The lowest BCUT2D eigenvalue weighted by Crippen LogP contribution is -2.45. The number of likely N-dealkylation sites (N-methyl/N-ethyl adjacent to an activating group) is 1. The second kappa shape index (κ2) is 8.55. The number of benzene rings is 2. The van der Waals surface area contributed by atoms with Crippen molar-refractivity contribution >= 4 is 35.1 Å². The standard InChI is InChI=1S/C21H25N5.ClH/c1-16(17-8-4-3-5-9-17)22-20-18-10-6-7-11-19(18)23-21(24-20)26-14-12-25(2)13-15-26;/h3-11,16H,12-15H2,1-2H3,(H,22,23,24);1H. The first-order valence-electron chi connectivity index (χ1n) is 9.22. The summed E-state index contributed by atoms with van der Waals surface area (Å²) in [7, 11) is 2.16. The molecule has 5 nitrogen and oxygen atoms in total. The van der Waals surface area contributed by atoms with Crippen LogP contribution in [0.1, 0.15) is 18.5 Å². The number of halogens is 1. The molecule has 1 unspecified atom stereocenters. The van der Waals surface area contributed by atoms with Gasteiger partial charge in [-0.25, -0.2) is 4.98 Å². The Morgan fingerprint density at radius 2 is 1.56 bits per heavy atom. The van der Waals surface area contributed by atoms with Crippen LogP contribution in [0.2, 0.25) is 0 Å². The monoisotopic (exact) mass is 383 g/mol. The topological polar surface area (TPSA) is 44.3 Å². The molecule has 6 heteroatoms. The van der Waals surface area contributed by atoms with Crippen molar-refractivity contribution in [3.63, 3.8) is 0 Å². The molecule has 2 aromatic carbocycles. The number of fused-ring (bicyclic) bond motifs is 1. The molecule has 0 amide bonds. The summed E-state index contributed by atoms with van der Waals surface area (Å²) in [6.45, 7) is 6.17. The summed E-state index contributed by atoms with van der Waals surface area (Å²) < 4.78 is 0. The van der Waals surface area contributed by atoms with E-state index in [1.165, 1.54) is 5.56 Å². The number of hydrogen-bond donors (Lipinski definition) is 1. The first-order valence-corrected chi connectivity index (χ1v) is 9.22. The smallest absolute Gasteiger partial charge is 0.227 e. The van der Waals surface area contributed by atoms with Gasteiger partial charge in [-0.15, -0.1) is 12.4 Å². The number of piperazine rings is 1. The molecule has 0 bridgehead atoms. The van der Waals surface area contributed by atoms with E-state index >= 15 is 0 Å². The third kappa shape index (κ3) is 4.31. The second-order valence-electron chi connectivity index (χ2n) is 6.96. The molecule has 1 fully saturated rings. The fraction of sp³-hybridized carbons (Fsp3) is 0.333. The van der Waals surface area contributed by atoms with Crippen LogP contribution in [0.3, 0.4) is 0 Å². The number of nitrogens with one attached hydrogen (secondary N) is 1. The van der Waals surface area contributed by atoms with Gasteiger partial charge in [0, 0.05) is 37.6 Å². The van der Waals surface area contributed by atoms with Gasteiger partial charge >= 0.3 is 0 Å². The zero-order valence-corrected chi connectivity index (χ0v) is 16.6. The van der Waals surface area contributed by atoms with Gasteiger partial charge in [-0.05, 0) is 31.7 Å². The number of para-hydroxylation sites is 1. The van der Waals surface area contributed by atoms with E-state index in [-0.39, 0.29) is 18.4 Å². The lowest BCUT2D eigenvalue weighted by Gasteiger charge is -2.32. The molecular formula is C21H26ClN5. The first kappa shape index (κ1) is 19.4. The van der Waals surface area contributed by atoms with Crippen LogP contribution in [-0.2, 0) is 0 Å². The van der Waals surface area contributed by atoms with Crippen LogP contribution >= 0.6 is 12.4 Å². The summed E-state index contributed by atoms with van der Waals surface area (Å²) in [4.78, 5) is 14.3. The second-order valence-corrected chi connectivity index (χ2v) is 6.96. The molecule has 0 saturated carbocycles. The maximum atomic E-state index is 4.90. The van der Waals surface area contributed by atoms with Gasteiger partial charge in [-0.2, -0.15) is 4.98 Å². The van der Waals surface area contributed by atoms with E-state index in [1.54, 1.807) is 0 Å². The number of hydrogen-bond acceptors (Lipinski definition) is 5. The molecule has 1 atom stereocenters. The van der Waals surface area contributed by atoms with Crippen LogP contribution in [0, 0.1) is 0 Å². The Bertz CT molecular complexity index is 878. The summed E-state index contributed by atoms with van der Waals surface area (Å²) in [5.74, 6) is 1.72. The van der Waals surface area contributed by atoms with Gasteiger partial charge in [0.2, 0.25) is 5.95 Å². The molecule has 1 N–H and O–H groups in total. The van der Waals surface area contributed by atoms with Crippen molar-refractivity contribution in [2.45, 2.75) is 13.0 Å². The highest BCUT2D eigenvalue weighted by molar-refractivity contribution is 5.90. The molecule has 3 aromatic rings. The van der Waals surface area contributed by atoms with Crippen LogP contribution < -0.4 is 10.2 Å². The van der Waals surface area contributed by atoms with Crippen LogP contribution in [0.5, 0.6) is 0 Å².